The summed E-state index contributed by atoms with van der Waals surface area (Å²) in [6, 6.07) is 7.51. The molecule has 0 radical (unpaired) electrons. The van der Waals surface area contributed by atoms with Crippen molar-refractivity contribution in [1.82, 2.24) is 14.7 Å². The van der Waals surface area contributed by atoms with Crippen LogP contribution in [0.25, 0.3) is 0 Å². The van der Waals surface area contributed by atoms with E-state index in [1.165, 1.54) is 24.6 Å². The van der Waals surface area contributed by atoms with Gasteiger partial charge in [0.2, 0.25) is 10.0 Å². The minimum Gasteiger partial charge on any atom is -0.357 e. The Kier molecular flexibility index (Phi) is 5.83. The fraction of sp³-hybridized carbons (Fsp3) is 0.444. The first-order valence-corrected chi connectivity index (χ1v) is 10.4. The molecule has 2 heterocycles. The van der Waals surface area contributed by atoms with E-state index in [9.17, 15) is 12.8 Å². The highest BCUT2D eigenvalue weighted by Gasteiger charge is 2.16. The molecule has 3 rings (SSSR count). The van der Waals surface area contributed by atoms with Gasteiger partial charge in [-0.1, -0.05) is 12.1 Å². The SMILES string of the molecule is Cc1cc(N2CCCCC2)nc(CNS(=O)(=O)Cc2cccc(F)c2)n1. The minimum atomic E-state index is -3.61. The van der Waals surface area contributed by atoms with E-state index in [0.717, 1.165) is 37.4 Å². The van der Waals surface area contributed by atoms with Gasteiger partial charge in [-0.3, -0.25) is 0 Å². The van der Waals surface area contributed by atoms with Gasteiger partial charge in [0, 0.05) is 24.8 Å². The summed E-state index contributed by atoms with van der Waals surface area (Å²) < 4.78 is 40.2. The van der Waals surface area contributed by atoms with Crippen molar-refractivity contribution in [2.45, 2.75) is 38.5 Å². The second-order valence-electron chi connectivity index (χ2n) is 6.54. The Morgan fingerprint density at radius 3 is 2.65 bits per heavy atom. The lowest BCUT2D eigenvalue weighted by Gasteiger charge is -2.28. The van der Waals surface area contributed by atoms with Gasteiger partial charge in [-0.15, -0.1) is 0 Å². The summed E-state index contributed by atoms with van der Waals surface area (Å²) in [5, 5.41) is 0. The summed E-state index contributed by atoms with van der Waals surface area (Å²) in [4.78, 5) is 11.0. The largest absolute Gasteiger partial charge is 0.357 e. The molecule has 2 aromatic rings. The van der Waals surface area contributed by atoms with Crippen LogP contribution in [-0.4, -0.2) is 31.5 Å². The Balaban J connectivity index is 1.67. The Morgan fingerprint density at radius 1 is 1.15 bits per heavy atom. The van der Waals surface area contributed by atoms with E-state index in [4.69, 9.17) is 0 Å². The Morgan fingerprint density at radius 2 is 1.92 bits per heavy atom. The van der Waals surface area contributed by atoms with Crippen molar-refractivity contribution >= 4 is 15.8 Å². The predicted octanol–water partition coefficient (Wildman–Crippen LogP) is 2.53. The number of hydrogen-bond acceptors (Lipinski definition) is 5. The molecule has 140 valence electrons. The summed E-state index contributed by atoms with van der Waals surface area (Å²) in [5.74, 6) is 0.547. The standard InChI is InChI=1S/C18H23FN4O2S/c1-14-10-18(23-8-3-2-4-9-23)22-17(21-14)12-20-26(24,25)13-15-6-5-7-16(19)11-15/h5-7,10-11,20H,2-4,8-9,12-13H2,1H3. The van der Waals surface area contributed by atoms with Crippen LogP contribution >= 0.6 is 0 Å². The lowest BCUT2D eigenvalue weighted by atomic mass is 10.1. The van der Waals surface area contributed by atoms with Crippen LogP contribution < -0.4 is 9.62 Å². The van der Waals surface area contributed by atoms with Gasteiger partial charge in [-0.05, 0) is 43.9 Å². The van der Waals surface area contributed by atoms with E-state index in [0.29, 0.717) is 11.4 Å². The molecule has 1 aliphatic rings. The van der Waals surface area contributed by atoms with E-state index in [1.54, 1.807) is 6.07 Å². The predicted molar refractivity (Wildman–Crippen MR) is 98.7 cm³/mol. The highest BCUT2D eigenvalue weighted by Crippen LogP contribution is 2.18. The number of piperidine rings is 1. The van der Waals surface area contributed by atoms with Crippen LogP contribution in [0.2, 0.25) is 0 Å². The van der Waals surface area contributed by atoms with Gasteiger partial charge in [0.1, 0.15) is 17.5 Å². The topological polar surface area (TPSA) is 75.2 Å². The highest BCUT2D eigenvalue weighted by molar-refractivity contribution is 7.88. The monoisotopic (exact) mass is 378 g/mol. The number of benzene rings is 1. The van der Waals surface area contributed by atoms with E-state index < -0.39 is 15.8 Å². The Labute approximate surface area is 153 Å². The van der Waals surface area contributed by atoms with Gasteiger partial charge in [-0.25, -0.2) is 27.5 Å². The molecule has 0 spiro atoms. The third-order valence-electron chi connectivity index (χ3n) is 4.26. The summed E-state index contributed by atoms with van der Waals surface area (Å²) in [5.41, 5.74) is 1.21. The van der Waals surface area contributed by atoms with Gasteiger partial charge in [0.25, 0.3) is 0 Å². The maximum Gasteiger partial charge on any atom is 0.216 e. The number of sulfonamides is 1. The number of anilines is 1. The molecule has 1 fully saturated rings. The maximum atomic E-state index is 13.2. The Hall–Kier alpha value is -2.06. The minimum absolute atomic E-state index is 0.0141. The fourth-order valence-electron chi connectivity index (χ4n) is 3.05. The van der Waals surface area contributed by atoms with Crippen molar-refractivity contribution in [3.63, 3.8) is 0 Å². The first-order valence-electron chi connectivity index (χ1n) is 8.72. The highest BCUT2D eigenvalue weighted by atomic mass is 32.2. The summed E-state index contributed by atoms with van der Waals surface area (Å²) in [6.45, 7) is 3.81. The molecular formula is C18H23FN4O2S. The molecular weight excluding hydrogens is 355 g/mol. The fourth-order valence-corrected chi connectivity index (χ4v) is 4.12. The quantitative estimate of drug-likeness (QED) is 0.836. The molecule has 1 saturated heterocycles. The van der Waals surface area contributed by atoms with Crippen molar-refractivity contribution < 1.29 is 12.8 Å². The maximum absolute atomic E-state index is 13.2. The van der Waals surface area contributed by atoms with Crippen molar-refractivity contribution in [3.8, 4) is 0 Å². The molecule has 1 N–H and O–H groups in total. The second kappa shape index (κ2) is 8.09. The van der Waals surface area contributed by atoms with Crippen LogP contribution in [0.5, 0.6) is 0 Å². The molecule has 1 aromatic heterocycles. The molecule has 0 amide bonds. The van der Waals surface area contributed by atoms with Crippen LogP contribution in [0, 0.1) is 12.7 Å². The van der Waals surface area contributed by atoms with Crippen LogP contribution in [0.1, 0.15) is 36.3 Å². The average Bonchev–Trinajstić information content (AvgIpc) is 2.60. The molecule has 0 aliphatic carbocycles. The van der Waals surface area contributed by atoms with Crippen molar-refractivity contribution in [3.05, 3.63) is 53.2 Å². The van der Waals surface area contributed by atoms with Crippen LogP contribution in [0.15, 0.2) is 30.3 Å². The number of rotatable bonds is 6. The molecule has 26 heavy (non-hydrogen) atoms. The summed E-state index contributed by atoms with van der Waals surface area (Å²) >= 11 is 0. The zero-order chi connectivity index (χ0) is 18.6. The van der Waals surface area contributed by atoms with Gasteiger partial charge in [0.15, 0.2) is 0 Å². The number of aromatic nitrogens is 2. The number of nitrogens with zero attached hydrogens (tertiary/aromatic N) is 3. The number of hydrogen-bond donors (Lipinski definition) is 1. The van der Waals surface area contributed by atoms with Gasteiger partial charge in [-0.2, -0.15) is 0 Å². The number of halogens is 1. The summed E-state index contributed by atoms with van der Waals surface area (Å²) in [7, 11) is -3.61. The average molecular weight is 378 g/mol. The van der Waals surface area contributed by atoms with Gasteiger partial charge >= 0.3 is 0 Å². The molecule has 6 nitrogen and oxygen atoms in total. The van der Waals surface area contributed by atoms with Crippen LogP contribution in [0.4, 0.5) is 10.2 Å². The van der Waals surface area contributed by atoms with E-state index >= 15 is 0 Å². The number of nitrogens with one attached hydrogen (secondary N) is 1. The first kappa shape index (κ1) is 18.7. The molecule has 0 atom stereocenters. The van der Waals surface area contributed by atoms with E-state index in [2.05, 4.69) is 19.6 Å². The van der Waals surface area contributed by atoms with E-state index in [-0.39, 0.29) is 12.3 Å². The zero-order valence-corrected chi connectivity index (χ0v) is 15.6. The molecule has 1 aromatic carbocycles. The van der Waals surface area contributed by atoms with E-state index in [1.807, 2.05) is 13.0 Å². The zero-order valence-electron chi connectivity index (χ0n) is 14.8. The van der Waals surface area contributed by atoms with Crippen LogP contribution in [-0.2, 0) is 22.3 Å². The van der Waals surface area contributed by atoms with Crippen LogP contribution in [0.3, 0.4) is 0 Å². The molecule has 0 unspecified atom stereocenters. The third-order valence-corrected chi connectivity index (χ3v) is 5.56. The Bertz CT molecular complexity index is 867. The van der Waals surface area contributed by atoms with Crippen molar-refractivity contribution in [2.75, 3.05) is 18.0 Å². The van der Waals surface area contributed by atoms with Gasteiger partial charge in [0.05, 0.1) is 12.3 Å². The number of aryl methyl sites for hydroxylation is 1. The first-order chi connectivity index (χ1) is 12.4. The van der Waals surface area contributed by atoms with Crippen molar-refractivity contribution in [1.29, 1.82) is 0 Å². The second-order valence-corrected chi connectivity index (χ2v) is 8.35. The molecule has 1 aliphatic heterocycles. The van der Waals surface area contributed by atoms with Crippen molar-refractivity contribution in [2.24, 2.45) is 0 Å². The van der Waals surface area contributed by atoms with Gasteiger partial charge < -0.3 is 4.90 Å². The molecule has 8 heteroatoms. The third kappa shape index (κ3) is 5.22. The molecule has 0 bridgehead atoms. The lowest BCUT2D eigenvalue weighted by molar-refractivity contribution is 0.568. The lowest BCUT2D eigenvalue weighted by Crippen LogP contribution is -2.31. The smallest absolute Gasteiger partial charge is 0.216 e. The summed E-state index contributed by atoms with van der Waals surface area (Å²) in [6.07, 6.45) is 3.50. The normalized spacial score (nSPS) is 15.2. The molecule has 0 saturated carbocycles.